The Hall–Kier alpha value is -4.75. The van der Waals surface area contributed by atoms with Crippen LogP contribution < -0.4 is 15.6 Å². The molecule has 10 nitrogen and oxygen atoms in total. The van der Waals surface area contributed by atoms with E-state index in [1.165, 1.54) is 41.9 Å². The summed E-state index contributed by atoms with van der Waals surface area (Å²) >= 11 is 5.79. The molecule has 45 heavy (non-hydrogen) atoms. The van der Waals surface area contributed by atoms with Crippen molar-refractivity contribution in [2.24, 2.45) is 0 Å². The van der Waals surface area contributed by atoms with E-state index >= 15 is 8.78 Å². The zero-order valence-electron chi connectivity index (χ0n) is 25.1. The minimum Gasteiger partial charge on any atom is -0.473 e. The molecule has 0 atom stereocenters. The molecule has 3 aromatic heterocycles. The van der Waals surface area contributed by atoms with Crippen LogP contribution in [0.25, 0.3) is 11.3 Å². The molecule has 0 saturated heterocycles. The fourth-order valence-corrected chi connectivity index (χ4v) is 4.58. The van der Waals surface area contributed by atoms with Gasteiger partial charge in [-0.1, -0.05) is 37.6 Å². The normalized spacial score (nSPS) is 10.8. The predicted octanol–water partition coefficient (Wildman–Crippen LogP) is 5.74. The number of hydrogen-bond acceptors (Lipinski definition) is 7. The minimum atomic E-state index is -0.729. The molecular formula is C31H32ClF3N8O2. The third-order valence-corrected chi connectivity index (χ3v) is 6.84. The molecule has 3 heterocycles. The second-order valence-electron chi connectivity index (χ2n) is 9.39. The van der Waals surface area contributed by atoms with Crippen LogP contribution in [0.2, 0.25) is 5.02 Å². The third-order valence-electron chi connectivity index (χ3n) is 6.60. The van der Waals surface area contributed by atoms with Gasteiger partial charge in [0, 0.05) is 48.4 Å². The van der Waals surface area contributed by atoms with E-state index in [9.17, 15) is 9.18 Å². The summed E-state index contributed by atoms with van der Waals surface area (Å²) in [4.78, 5) is 21.1. The van der Waals surface area contributed by atoms with Crippen LogP contribution in [0.3, 0.4) is 0 Å². The van der Waals surface area contributed by atoms with Crippen LogP contribution in [0, 0.1) is 17.5 Å². The van der Waals surface area contributed by atoms with Crippen molar-refractivity contribution in [1.29, 1.82) is 0 Å². The lowest BCUT2D eigenvalue weighted by molar-refractivity contribution is 0.0922. The van der Waals surface area contributed by atoms with Crippen molar-refractivity contribution in [1.82, 2.24) is 40.2 Å². The molecule has 236 valence electrons. The average Bonchev–Trinajstić information content (AvgIpc) is 3.66. The second-order valence-corrected chi connectivity index (χ2v) is 9.82. The summed E-state index contributed by atoms with van der Waals surface area (Å²) in [6.07, 6.45) is 3.16. The van der Waals surface area contributed by atoms with Gasteiger partial charge in [-0.2, -0.15) is 0 Å². The number of hydrazine groups is 1. The Morgan fingerprint density at radius 2 is 1.78 bits per heavy atom. The number of amides is 1. The molecule has 0 aliphatic rings. The van der Waals surface area contributed by atoms with Gasteiger partial charge in [-0.3, -0.25) is 10.2 Å². The maximum Gasteiger partial charge on any atom is 0.303 e. The largest absolute Gasteiger partial charge is 0.473 e. The van der Waals surface area contributed by atoms with Crippen LogP contribution in [-0.2, 0) is 26.1 Å². The molecule has 0 spiro atoms. The highest BCUT2D eigenvalue weighted by Gasteiger charge is 2.22. The van der Waals surface area contributed by atoms with Crippen molar-refractivity contribution in [3.05, 3.63) is 112 Å². The Bertz CT molecular complexity index is 1780. The van der Waals surface area contributed by atoms with E-state index in [1.54, 1.807) is 18.6 Å². The van der Waals surface area contributed by atoms with Crippen molar-refractivity contribution in [2.75, 3.05) is 7.05 Å². The van der Waals surface area contributed by atoms with Gasteiger partial charge in [-0.15, -0.1) is 10.2 Å². The Balaban J connectivity index is 0.00000226. The van der Waals surface area contributed by atoms with Crippen LogP contribution in [0.1, 0.15) is 54.0 Å². The van der Waals surface area contributed by atoms with Crippen molar-refractivity contribution >= 4 is 17.5 Å². The van der Waals surface area contributed by atoms with Gasteiger partial charge in [0.1, 0.15) is 29.9 Å². The zero-order chi connectivity index (χ0) is 32.5. The van der Waals surface area contributed by atoms with Crippen molar-refractivity contribution in [3.63, 3.8) is 0 Å². The topological polar surface area (TPSA) is 112 Å². The van der Waals surface area contributed by atoms with E-state index in [1.807, 2.05) is 25.3 Å². The van der Waals surface area contributed by atoms with Crippen LogP contribution >= 0.6 is 11.6 Å². The molecule has 0 radical (unpaired) electrons. The Morgan fingerprint density at radius 3 is 2.51 bits per heavy atom. The van der Waals surface area contributed by atoms with Crippen LogP contribution in [-0.4, -0.2) is 42.3 Å². The molecule has 0 aliphatic carbocycles. The summed E-state index contributed by atoms with van der Waals surface area (Å²) in [5.74, 6) is -2.17. The quantitative estimate of drug-likeness (QED) is 0.177. The number of nitrogens with one attached hydrogen (secondary N) is 2. The van der Waals surface area contributed by atoms with E-state index in [0.717, 1.165) is 17.8 Å². The van der Waals surface area contributed by atoms with E-state index < -0.39 is 23.4 Å². The van der Waals surface area contributed by atoms with Gasteiger partial charge < -0.3 is 13.9 Å². The number of hydrogen-bond donors (Lipinski definition) is 2. The number of nitrogens with zero attached hydrogens (tertiary/aromatic N) is 6. The van der Waals surface area contributed by atoms with E-state index in [2.05, 4.69) is 31.0 Å². The molecule has 2 N–H and O–H groups in total. The highest BCUT2D eigenvalue weighted by molar-refractivity contribution is 6.30. The smallest absolute Gasteiger partial charge is 0.303 e. The summed E-state index contributed by atoms with van der Waals surface area (Å²) < 4.78 is 53.9. The number of carbonyl (C=O) groups excluding carboxylic acids is 1. The Labute approximate surface area is 263 Å². The van der Waals surface area contributed by atoms with Gasteiger partial charge in [0.25, 0.3) is 0 Å². The highest BCUT2D eigenvalue weighted by Crippen LogP contribution is 2.27. The Morgan fingerprint density at radius 1 is 1.00 bits per heavy atom. The first-order valence-corrected chi connectivity index (χ1v) is 14.5. The standard InChI is InChI=1S/C29H26ClF3N8O2.C2H6/c1-3-40-16-35-13-20(40)14-41-26(37-38-28(41)29(42)39-34-2)10-18-9-24(33)21(12-23(18)32)25-5-4-6-27(36-25)43-15-17-7-8-19(30)11-22(17)31;1-2/h4-9,11-13,16,34H,3,10,14-15H2,1-2H3,(H,39,42);1-2H3. The number of imidazole rings is 1. The summed E-state index contributed by atoms with van der Waals surface area (Å²) in [5.41, 5.74) is 6.08. The van der Waals surface area contributed by atoms with E-state index in [-0.39, 0.29) is 64.5 Å². The summed E-state index contributed by atoms with van der Waals surface area (Å²) in [7, 11) is 1.53. The summed E-state index contributed by atoms with van der Waals surface area (Å²) in [6, 6.07) is 10.9. The number of benzene rings is 2. The molecule has 0 bridgehead atoms. The van der Waals surface area contributed by atoms with Gasteiger partial charge in [0.2, 0.25) is 11.7 Å². The van der Waals surface area contributed by atoms with Crippen molar-refractivity contribution in [2.45, 2.75) is 46.9 Å². The molecule has 0 fully saturated rings. The number of halogens is 4. The van der Waals surface area contributed by atoms with Gasteiger partial charge in [0.05, 0.1) is 24.3 Å². The molecular weight excluding hydrogens is 609 g/mol. The lowest BCUT2D eigenvalue weighted by Gasteiger charge is -2.13. The van der Waals surface area contributed by atoms with Gasteiger partial charge in [0.15, 0.2) is 0 Å². The fourth-order valence-electron chi connectivity index (χ4n) is 4.42. The van der Waals surface area contributed by atoms with Crippen LogP contribution in [0.5, 0.6) is 5.88 Å². The highest BCUT2D eigenvalue weighted by atomic mass is 35.5. The maximum absolute atomic E-state index is 15.4. The molecule has 14 heteroatoms. The van der Waals surface area contributed by atoms with Crippen LogP contribution in [0.15, 0.2) is 61.1 Å². The van der Waals surface area contributed by atoms with Gasteiger partial charge in [-0.05, 0) is 42.8 Å². The van der Waals surface area contributed by atoms with E-state index in [0.29, 0.717) is 6.54 Å². The number of carbonyl (C=O) groups is 1. The molecule has 2 aromatic carbocycles. The third kappa shape index (κ3) is 7.86. The number of rotatable bonds is 11. The Kier molecular flexibility index (Phi) is 11.3. The zero-order valence-corrected chi connectivity index (χ0v) is 25.9. The van der Waals surface area contributed by atoms with Crippen LogP contribution in [0.4, 0.5) is 13.2 Å². The number of aryl methyl sites for hydroxylation is 1. The molecule has 5 aromatic rings. The molecule has 1 amide bonds. The van der Waals surface area contributed by atoms with Gasteiger partial charge >= 0.3 is 5.91 Å². The number of aromatic nitrogens is 6. The minimum absolute atomic E-state index is 0.00471. The second kappa shape index (κ2) is 15.3. The first kappa shape index (κ1) is 33.1. The summed E-state index contributed by atoms with van der Waals surface area (Å²) in [5, 5.41) is 8.37. The fraction of sp³-hybridized carbons (Fsp3) is 0.258. The van der Waals surface area contributed by atoms with Gasteiger partial charge in [-0.25, -0.2) is 28.6 Å². The molecule has 0 aliphatic heterocycles. The monoisotopic (exact) mass is 640 g/mol. The lowest BCUT2D eigenvalue weighted by atomic mass is 10.0. The molecule has 0 unspecified atom stereocenters. The molecule has 0 saturated carbocycles. The average molecular weight is 641 g/mol. The number of ether oxygens (including phenoxy) is 1. The molecule has 5 rings (SSSR count). The summed E-state index contributed by atoms with van der Waals surface area (Å²) in [6.45, 7) is 6.64. The SMILES string of the molecule is CC.CCn1cncc1Cn1c(Cc2cc(F)c(-c3cccc(OCc4ccc(Cl)cc4F)n3)cc2F)nnc1C(=O)NNC. The first-order chi connectivity index (χ1) is 21.8. The predicted molar refractivity (Wildman–Crippen MR) is 163 cm³/mol. The first-order valence-electron chi connectivity index (χ1n) is 14.2. The van der Waals surface area contributed by atoms with Crippen molar-refractivity contribution < 1.29 is 22.7 Å². The van der Waals surface area contributed by atoms with E-state index in [4.69, 9.17) is 16.3 Å². The van der Waals surface area contributed by atoms with Crippen molar-refractivity contribution in [3.8, 4) is 17.1 Å². The number of pyridine rings is 1. The lowest BCUT2D eigenvalue weighted by Crippen LogP contribution is -2.36. The maximum atomic E-state index is 15.4.